The van der Waals surface area contributed by atoms with E-state index in [4.69, 9.17) is 9.47 Å². The molecule has 0 aliphatic carbocycles. The van der Waals surface area contributed by atoms with Gasteiger partial charge in [0.1, 0.15) is 5.75 Å². The second-order valence-electron chi connectivity index (χ2n) is 5.87. The zero-order chi connectivity index (χ0) is 15.2. The normalized spacial score (nSPS) is 18.4. The minimum absolute atomic E-state index is 0.0879. The summed E-state index contributed by atoms with van der Waals surface area (Å²) in [5.41, 5.74) is 2.29. The lowest BCUT2D eigenvalue weighted by Gasteiger charge is -2.26. The molecule has 22 heavy (non-hydrogen) atoms. The lowest BCUT2D eigenvalue weighted by atomic mass is 10.0. The fraction of sp³-hybridized carbons (Fsp3) is 0.588. The van der Waals surface area contributed by atoms with Crippen LogP contribution in [0.3, 0.4) is 0 Å². The highest BCUT2D eigenvalue weighted by Gasteiger charge is 2.13. The van der Waals surface area contributed by atoms with Gasteiger partial charge in [-0.2, -0.15) is 0 Å². The molecule has 3 rings (SSSR count). The summed E-state index contributed by atoms with van der Waals surface area (Å²) < 4.78 is 10.9. The van der Waals surface area contributed by atoms with Gasteiger partial charge in [0.15, 0.2) is 0 Å². The van der Waals surface area contributed by atoms with Gasteiger partial charge >= 0.3 is 0 Å². The van der Waals surface area contributed by atoms with Gasteiger partial charge in [-0.25, -0.2) is 0 Å². The van der Waals surface area contributed by atoms with Crippen LogP contribution in [0.15, 0.2) is 18.2 Å². The monoisotopic (exact) mass is 304 g/mol. The van der Waals surface area contributed by atoms with Crippen LogP contribution in [0.4, 0.5) is 0 Å². The van der Waals surface area contributed by atoms with Crippen LogP contribution in [-0.4, -0.2) is 56.8 Å². The van der Waals surface area contributed by atoms with E-state index in [1.54, 1.807) is 0 Å². The first-order chi connectivity index (χ1) is 10.8. The van der Waals surface area contributed by atoms with E-state index in [1.165, 1.54) is 5.56 Å². The highest BCUT2D eigenvalue weighted by molar-refractivity contribution is 5.78. The summed E-state index contributed by atoms with van der Waals surface area (Å²) in [6.07, 6.45) is 2.54. The Balaban J connectivity index is 1.43. The maximum Gasteiger partial charge on any atom is 0.224 e. The largest absolute Gasteiger partial charge is 0.493 e. The van der Waals surface area contributed by atoms with Gasteiger partial charge in [-0.05, 0) is 30.0 Å². The third-order valence-corrected chi connectivity index (χ3v) is 4.19. The Kier molecular flexibility index (Phi) is 5.29. The quantitative estimate of drug-likeness (QED) is 0.882. The number of amides is 1. The first-order valence-corrected chi connectivity index (χ1v) is 8.13. The molecule has 0 atom stereocenters. The lowest BCUT2D eigenvalue weighted by Crippen LogP contribution is -2.41. The Hall–Kier alpha value is -1.59. The van der Waals surface area contributed by atoms with Gasteiger partial charge in [-0.3, -0.25) is 9.69 Å². The Bertz CT molecular complexity index is 513. The van der Waals surface area contributed by atoms with Gasteiger partial charge in [0.05, 0.1) is 26.2 Å². The maximum atomic E-state index is 12.0. The predicted molar refractivity (Wildman–Crippen MR) is 84.2 cm³/mol. The van der Waals surface area contributed by atoms with Crippen molar-refractivity contribution in [3.8, 4) is 5.75 Å². The average molecular weight is 304 g/mol. The number of ether oxygens (including phenoxy) is 2. The van der Waals surface area contributed by atoms with E-state index in [2.05, 4.69) is 16.3 Å². The Morgan fingerprint density at radius 3 is 2.95 bits per heavy atom. The van der Waals surface area contributed by atoms with Gasteiger partial charge in [-0.15, -0.1) is 0 Å². The molecule has 0 unspecified atom stereocenters. The fourth-order valence-corrected chi connectivity index (χ4v) is 2.95. The highest BCUT2D eigenvalue weighted by Crippen LogP contribution is 2.25. The second-order valence-corrected chi connectivity index (χ2v) is 5.87. The smallest absolute Gasteiger partial charge is 0.224 e. The molecule has 1 amide bonds. The van der Waals surface area contributed by atoms with E-state index in [0.717, 1.165) is 63.6 Å². The lowest BCUT2D eigenvalue weighted by molar-refractivity contribution is -0.120. The highest BCUT2D eigenvalue weighted by atomic mass is 16.5. The molecule has 2 aliphatic heterocycles. The number of hydrogen-bond acceptors (Lipinski definition) is 4. The molecule has 0 aromatic heterocycles. The van der Waals surface area contributed by atoms with Crippen molar-refractivity contribution in [3.05, 3.63) is 29.3 Å². The van der Waals surface area contributed by atoms with E-state index in [9.17, 15) is 4.79 Å². The van der Waals surface area contributed by atoms with E-state index in [0.29, 0.717) is 13.0 Å². The molecule has 1 N–H and O–H groups in total. The molecule has 2 heterocycles. The third-order valence-electron chi connectivity index (χ3n) is 4.19. The van der Waals surface area contributed by atoms with Crippen molar-refractivity contribution in [1.29, 1.82) is 0 Å². The summed E-state index contributed by atoms with van der Waals surface area (Å²) in [7, 11) is 0. The van der Waals surface area contributed by atoms with E-state index in [1.807, 2.05) is 12.1 Å². The number of carbonyl (C=O) groups excluding carboxylic acids is 1. The molecule has 1 fully saturated rings. The van der Waals surface area contributed by atoms with Crippen LogP contribution < -0.4 is 10.1 Å². The number of fused-ring (bicyclic) bond motifs is 1. The van der Waals surface area contributed by atoms with Crippen molar-refractivity contribution in [2.24, 2.45) is 0 Å². The Morgan fingerprint density at radius 1 is 1.23 bits per heavy atom. The third kappa shape index (κ3) is 4.21. The topological polar surface area (TPSA) is 50.8 Å². The minimum atomic E-state index is 0.0879. The number of benzene rings is 1. The molecule has 0 bridgehead atoms. The van der Waals surface area contributed by atoms with Gasteiger partial charge in [-0.1, -0.05) is 12.1 Å². The van der Waals surface area contributed by atoms with Crippen LogP contribution in [0.1, 0.15) is 17.5 Å². The molecule has 5 nitrogen and oxygen atoms in total. The molecule has 5 heteroatoms. The maximum absolute atomic E-state index is 12.0. The van der Waals surface area contributed by atoms with Crippen LogP contribution >= 0.6 is 0 Å². The van der Waals surface area contributed by atoms with Crippen molar-refractivity contribution >= 4 is 5.91 Å². The number of hydrogen-bond donors (Lipinski definition) is 1. The fourth-order valence-electron chi connectivity index (χ4n) is 2.95. The number of nitrogens with zero attached hydrogens (tertiary/aromatic N) is 1. The molecule has 0 radical (unpaired) electrons. The molecule has 1 aromatic rings. The average Bonchev–Trinajstić information content (AvgIpc) is 2.56. The first-order valence-electron chi connectivity index (χ1n) is 8.13. The summed E-state index contributed by atoms with van der Waals surface area (Å²) in [5, 5.41) is 3.01. The standard InChI is InChI=1S/C17H24N2O3/c20-17(18-5-6-19-7-10-21-11-8-19)13-14-3-4-16-15(12-14)2-1-9-22-16/h3-4,12H,1-2,5-11,13H2,(H,18,20). The zero-order valence-electron chi connectivity index (χ0n) is 13.0. The number of carbonyl (C=O) groups is 1. The van der Waals surface area contributed by atoms with E-state index in [-0.39, 0.29) is 5.91 Å². The summed E-state index contributed by atoms with van der Waals surface area (Å²) in [6, 6.07) is 6.09. The van der Waals surface area contributed by atoms with Gasteiger partial charge in [0.2, 0.25) is 5.91 Å². The zero-order valence-corrected chi connectivity index (χ0v) is 13.0. The Labute approximate surface area is 131 Å². The SMILES string of the molecule is O=C(Cc1ccc2c(c1)CCCO2)NCCN1CCOCC1. The van der Waals surface area contributed by atoms with Crippen LogP contribution in [0, 0.1) is 0 Å². The van der Waals surface area contributed by atoms with Crippen LogP contribution in [0.2, 0.25) is 0 Å². The van der Waals surface area contributed by atoms with Crippen molar-refractivity contribution < 1.29 is 14.3 Å². The summed E-state index contributed by atoms with van der Waals surface area (Å²) in [6.45, 7) is 5.91. The molecule has 1 aromatic carbocycles. The van der Waals surface area contributed by atoms with Crippen molar-refractivity contribution in [3.63, 3.8) is 0 Å². The number of rotatable bonds is 5. The van der Waals surface area contributed by atoms with Crippen molar-refractivity contribution in [1.82, 2.24) is 10.2 Å². The second kappa shape index (κ2) is 7.61. The van der Waals surface area contributed by atoms with Crippen molar-refractivity contribution in [2.75, 3.05) is 46.0 Å². The van der Waals surface area contributed by atoms with Crippen LogP contribution in [-0.2, 0) is 22.4 Å². The molecular weight excluding hydrogens is 280 g/mol. The van der Waals surface area contributed by atoms with E-state index >= 15 is 0 Å². The molecular formula is C17H24N2O3. The number of morpholine rings is 1. The molecule has 1 saturated heterocycles. The summed E-state index contributed by atoms with van der Waals surface area (Å²) in [4.78, 5) is 14.4. The molecule has 2 aliphatic rings. The van der Waals surface area contributed by atoms with E-state index < -0.39 is 0 Å². The minimum Gasteiger partial charge on any atom is -0.493 e. The van der Waals surface area contributed by atoms with Crippen molar-refractivity contribution in [2.45, 2.75) is 19.3 Å². The summed E-state index contributed by atoms with van der Waals surface area (Å²) >= 11 is 0. The first kappa shape index (κ1) is 15.3. The number of nitrogens with one attached hydrogen (secondary N) is 1. The predicted octanol–water partition coefficient (Wildman–Crippen LogP) is 1.00. The molecule has 120 valence electrons. The molecule has 0 spiro atoms. The van der Waals surface area contributed by atoms with Gasteiger partial charge in [0.25, 0.3) is 0 Å². The Morgan fingerprint density at radius 2 is 2.09 bits per heavy atom. The van der Waals surface area contributed by atoms with Gasteiger partial charge in [0, 0.05) is 26.2 Å². The van der Waals surface area contributed by atoms with Crippen LogP contribution in [0.5, 0.6) is 5.75 Å². The number of aryl methyl sites for hydroxylation is 1. The summed E-state index contributed by atoms with van der Waals surface area (Å²) in [5.74, 6) is 1.06. The van der Waals surface area contributed by atoms with Gasteiger partial charge < -0.3 is 14.8 Å². The molecule has 0 saturated carbocycles. The van der Waals surface area contributed by atoms with Crippen LogP contribution in [0.25, 0.3) is 0 Å².